The maximum atomic E-state index is 13.8. The van der Waals surface area contributed by atoms with Crippen LogP contribution in [0.5, 0.6) is 0 Å². The molecule has 0 aliphatic carbocycles. The van der Waals surface area contributed by atoms with Crippen molar-refractivity contribution < 1.29 is 8.78 Å². The van der Waals surface area contributed by atoms with E-state index in [1.54, 1.807) is 0 Å². The lowest BCUT2D eigenvalue weighted by Crippen LogP contribution is -2.37. The molecule has 2 bridgehead atoms. The standard InChI is InChI=1S/C13H14ClF2N/c14-8-5-11(15)13(12(16)6-8)7-3-9-1-2-10(4-7)17-9/h5-7,9-10,17H,1-4H2. The summed E-state index contributed by atoms with van der Waals surface area (Å²) in [5.74, 6) is -1.01. The van der Waals surface area contributed by atoms with Crippen LogP contribution in [0.25, 0.3) is 0 Å². The van der Waals surface area contributed by atoms with E-state index in [9.17, 15) is 8.78 Å². The number of nitrogens with one attached hydrogen (secondary N) is 1. The first-order valence-corrected chi connectivity index (χ1v) is 6.42. The van der Waals surface area contributed by atoms with E-state index in [1.165, 1.54) is 12.1 Å². The molecular weight excluding hydrogens is 244 g/mol. The Hall–Kier alpha value is -0.670. The summed E-state index contributed by atoms with van der Waals surface area (Å²) in [7, 11) is 0. The molecule has 0 radical (unpaired) electrons. The number of rotatable bonds is 1. The largest absolute Gasteiger partial charge is 0.311 e. The van der Waals surface area contributed by atoms with E-state index >= 15 is 0 Å². The highest BCUT2D eigenvalue weighted by atomic mass is 35.5. The first kappa shape index (κ1) is 11.4. The third-order valence-corrected chi connectivity index (χ3v) is 4.14. The van der Waals surface area contributed by atoms with Crippen LogP contribution in [0.3, 0.4) is 0 Å². The summed E-state index contributed by atoms with van der Waals surface area (Å²) in [6, 6.07) is 3.27. The minimum atomic E-state index is -0.499. The minimum Gasteiger partial charge on any atom is -0.311 e. The van der Waals surface area contributed by atoms with Gasteiger partial charge in [0.15, 0.2) is 0 Å². The van der Waals surface area contributed by atoms with Gasteiger partial charge in [0, 0.05) is 22.7 Å². The van der Waals surface area contributed by atoms with Crippen LogP contribution in [-0.4, -0.2) is 12.1 Å². The average molecular weight is 258 g/mol. The summed E-state index contributed by atoms with van der Waals surface area (Å²) < 4.78 is 27.7. The van der Waals surface area contributed by atoms with Gasteiger partial charge in [-0.15, -0.1) is 0 Å². The summed E-state index contributed by atoms with van der Waals surface area (Å²) >= 11 is 5.64. The van der Waals surface area contributed by atoms with Gasteiger partial charge >= 0.3 is 0 Å². The average Bonchev–Trinajstić information content (AvgIpc) is 2.56. The fourth-order valence-electron chi connectivity index (χ4n) is 3.24. The van der Waals surface area contributed by atoms with Gasteiger partial charge in [-0.1, -0.05) is 11.6 Å². The van der Waals surface area contributed by atoms with Gasteiger partial charge in [-0.2, -0.15) is 0 Å². The molecule has 92 valence electrons. The van der Waals surface area contributed by atoms with Gasteiger partial charge in [-0.25, -0.2) is 8.78 Å². The molecule has 2 atom stereocenters. The normalized spacial score (nSPS) is 31.8. The highest BCUT2D eigenvalue weighted by molar-refractivity contribution is 6.30. The molecular formula is C13H14ClF2N. The molecule has 2 aliphatic heterocycles. The van der Waals surface area contributed by atoms with Crippen LogP contribution < -0.4 is 5.32 Å². The molecule has 2 unspecified atom stereocenters. The van der Waals surface area contributed by atoms with Crippen molar-refractivity contribution in [3.63, 3.8) is 0 Å². The fraction of sp³-hybridized carbons (Fsp3) is 0.538. The second-order valence-corrected chi connectivity index (χ2v) is 5.53. The molecule has 4 heteroatoms. The Balaban J connectivity index is 1.94. The zero-order chi connectivity index (χ0) is 12.0. The summed E-state index contributed by atoms with van der Waals surface area (Å²) in [6.45, 7) is 0. The van der Waals surface area contributed by atoms with Gasteiger partial charge in [0.25, 0.3) is 0 Å². The van der Waals surface area contributed by atoms with E-state index in [0.717, 1.165) is 25.7 Å². The monoisotopic (exact) mass is 257 g/mol. The number of halogens is 3. The highest BCUT2D eigenvalue weighted by Crippen LogP contribution is 2.39. The number of hydrogen-bond donors (Lipinski definition) is 1. The first-order valence-electron chi connectivity index (χ1n) is 6.04. The Morgan fingerprint density at radius 1 is 1.06 bits per heavy atom. The lowest BCUT2D eigenvalue weighted by Gasteiger charge is -2.29. The van der Waals surface area contributed by atoms with Crippen molar-refractivity contribution in [2.75, 3.05) is 0 Å². The predicted octanol–water partition coefficient (Wildman–Crippen LogP) is 3.62. The quantitative estimate of drug-likeness (QED) is 0.810. The van der Waals surface area contributed by atoms with E-state index < -0.39 is 11.6 Å². The fourth-order valence-corrected chi connectivity index (χ4v) is 3.43. The van der Waals surface area contributed by atoms with Gasteiger partial charge in [-0.3, -0.25) is 0 Å². The van der Waals surface area contributed by atoms with Crippen molar-refractivity contribution in [3.05, 3.63) is 34.4 Å². The van der Waals surface area contributed by atoms with Gasteiger partial charge in [-0.05, 0) is 43.7 Å². The van der Waals surface area contributed by atoms with Crippen molar-refractivity contribution in [1.82, 2.24) is 5.32 Å². The van der Waals surface area contributed by atoms with E-state index in [1.807, 2.05) is 0 Å². The third kappa shape index (κ3) is 2.06. The van der Waals surface area contributed by atoms with Crippen molar-refractivity contribution in [2.24, 2.45) is 0 Å². The molecule has 1 N–H and O–H groups in total. The van der Waals surface area contributed by atoms with Crippen LogP contribution in [-0.2, 0) is 0 Å². The zero-order valence-corrected chi connectivity index (χ0v) is 10.1. The molecule has 1 aromatic rings. The predicted molar refractivity (Wildman–Crippen MR) is 63.3 cm³/mol. The zero-order valence-electron chi connectivity index (χ0n) is 9.35. The second kappa shape index (κ2) is 4.21. The summed E-state index contributed by atoms with van der Waals surface area (Å²) in [4.78, 5) is 0. The Labute approximate surface area is 104 Å². The molecule has 2 heterocycles. The number of benzene rings is 1. The Kier molecular flexibility index (Phi) is 2.83. The molecule has 2 aliphatic rings. The molecule has 0 amide bonds. The van der Waals surface area contributed by atoms with Crippen LogP contribution in [0, 0.1) is 11.6 Å². The molecule has 1 nitrogen and oxygen atoms in total. The number of fused-ring (bicyclic) bond motifs is 2. The molecule has 1 aromatic carbocycles. The molecule has 0 spiro atoms. The van der Waals surface area contributed by atoms with Gasteiger partial charge < -0.3 is 5.32 Å². The van der Waals surface area contributed by atoms with Gasteiger partial charge in [0.1, 0.15) is 11.6 Å². The SMILES string of the molecule is Fc1cc(Cl)cc(F)c1C1CC2CCC(C1)N2. The van der Waals surface area contributed by atoms with Crippen molar-refractivity contribution >= 4 is 11.6 Å². The molecule has 17 heavy (non-hydrogen) atoms. The van der Waals surface area contributed by atoms with Crippen LogP contribution in [0.2, 0.25) is 5.02 Å². The van der Waals surface area contributed by atoms with E-state index in [0.29, 0.717) is 12.1 Å². The molecule has 3 rings (SSSR count). The van der Waals surface area contributed by atoms with E-state index in [4.69, 9.17) is 11.6 Å². The smallest absolute Gasteiger partial charge is 0.131 e. The molecule has 0 aromatic heterocycles. The van der Waals surface area contributed by atoms with Crippen LogP contribution >= 0.6 is 11.6 Å². The van der Waals surface area contributed by atoms with Crippen molar-refractivity contribution in [3.8, 4) is 0 Å². The maximum absolute atomic E-state index is 13.8. The minimum absolute atomic E-state index is 0.00832. The van der Waals surface area contributed by atoms with Crippen LogP contribution in [0.1, 0.15) is 37.2 Å². The van der Waals surface area contributed by atoms with E-state index in [-0.39, 0.29) is 16.5 Å². The lowest BCUT2D eigenvalue weighted by atomic mass is 9.85. The maximum Gasteiger partial charge on any atom is 0.131 e. The Bertz CT molecular complexity index is 414. The van der Waals surface area contributed by atoms with Gasteiger partial charge in [0.05, 0.1) is 0 Å². The third-order valence-electron chi connectivity index (χ3n) is 3.93. The number of hydrogen-bond acceptors (Lipinski definition) is 1. The Morgan fingerprint density at radius 3 is 2.12 bits per heavy atom. The summed E-state index contributed by atoms with van der Waals surface area (Å²) in [5.41, 5.74) is 0.229. The Morgan fingerprint density at radius 2 is 1.59 bits per heavy atom. The molecule has 2 fully saturated rings. The lowest BCUT2D eigenvalue weighted by molar-refractivity contribution is 0.348. The van der Waals surface area contributed by atoms with Crippen LogP contribution in [0.15, 0.2) is 12.1 Å². The summed E-state index contributed by atoms with van der Waals surface area (Å²) in [6.07, 6.45) is 3.90. The van der Waals surface area contributed by atoms with Crippen molar-refractivity contribution in [2.45, 2.75) is 43.7 Å². The van der Waals surface area contributed by atoms with Crippen molar-refractivity contribution in [1.29, 1.82) is 0 Å². The summed E-state index contributed by atoms with van der Waals surface area (Å²) in [5, 5.41) is 3.59. The van der Waals surface area contributed by atoms with Crippen LogP contribution in [0.4, 0.5) is 8.78 Å². The number of piperidine rings is 1. The van der Waals surface area contributed by atoms with Gasteiger partial charge in [0.2, 0.25) is 0 Å². The molecule has 2 saturated heterocycles. The first-order chi connectivity index (χ1) is 8.13. The van der Waals surface area contributed by atoms with E-state index in [2.05, 4.69) is 5.32 Å². The topological polar surface area (TPSA) is 12.0 Å². The highest BCUT2D eigenvalue weighted by Gasteiger charge is 2.36. The molecule has 0 saturated carbocycles. The second-order valence-electron chi connectivity index (χ2n) is 5.09.